The van der Waals surface area contributed by atoms with Crippen LogP contribution in [0.2, 0.25) is 5.02 Å². The van der Waals surface area contributed by atoms with Gasteiger partial charge in [0, 0.05) is 39.5 Å². The largest absolute Gasteiger partial charge is 0.351 e. The average Bonchev–Trinajstić information content (AvgIpc) is 2.13. The van der Waals surface area contributed by atoms with Crippen LogP contribution < -0.4 is 0 Å². The van der Waals surface area contributed by atoms with Crippen LogP contribution in [0.5, 0.6) is 0 Å². The summed E-state index contributed by atoms with van der Waals surface area (Å²) in [4.78, 5) is 35.9. The quantitative estimate of drug-likeness (QED) is 0.374. The molecule has 18 heavy (non-hydrogen) atoms. The van der Waals surface area contributed by atoms with Gasteiger partial charge in [0.1, 0.15) is 0 Å². The summed E-state index contributed by atoms with van der Waals surface area (Å²) in [6.45, 7) is 0. The first-order valence-corrected chi connectivity index (χ1v) is 8.75. The van der Waals surface area contributed by atoms with Gasteiger partial charge in [-0.05, 0) is 24.3 Å². The number of benzene rings is 1. The smallest absolute Gasteiger partial charge is 0.323 e. The number of hydrogen-bond acceptors (Lipinski definition) is 3. The molecule has 0 saturated heterocycles. The van der Waals surface area contributed by atoms with Crippen molar-refractivity contribution in [3.05, 3.63) is 29.3 Å². The van der Waals surface area contributed by atoms with Crippen LogP contribution in [0.15, 0.2) is 29.2 Å². The van der Waals surface area contributed by atoms with Crippen molar-refractivity contribution >= 4 is 68.1 Å². The van der Waals surface area contributed by atoms with Gasteiger partial charge in [-0.2, -0.15) is 0 Å². The van der Waals surface area contributed by atoms with Crippen molar-refractivity contribution in [3.63, 3.8) is 0 Å². The fourth-order valence-electron chi connectivity index (χ4n) is 0.968. The second-order valence-corrected chi connectivity index (χ2v) is 9.19. The Labute approximate surface area is 135 Å². The Kier molecular flexibility index (Phi) is 7.72. The van der Waals surface area contributed by atoms with Gasteiger partial charge in [-0.3, -0.25) is 9.13 Å². The molecule has 0 aromatic heterocycles. The van der Waals surface area contributed by atoms with Gasteiger partial charge in [0.25, 0.3) is 0 Å². The molecule has 0 aliphatic rings. The van der Waals surface area contributed by atoms with Crippen molar-refractivity contribution in [2.24, 2.45) is 0 Å². The van der Waals surface area contributed by atoms with Gasteiger partial charge in [-0.15, -0.1) is 0 Å². The van der Waals surface area contributed by atoms with E-state index in [4.69, 9.17) is 31.2 Å². The molecule has 0 saturated carbocycles. The zero-order valence-corrected chi connectivity index (χ0v) is 14.5. The Morgan fingerprint density at radius 2 is 1.39 bits per heavy atom. The van der Waals surface area contributed by atoms with E-state index in [1.807, 2.05) is 0 Å². The van der Waals surface area contributed by atoms with Crippen LogP contribution >= 0.6 is 38.6 Å². The topological polar surface area (TPSA) is 115 Å². The summed E-state index contributed by atoms with van der Waals surface area (Å²) in [5.74, 6) is 0. The van der Waals surface area contributed by atoms with Gasteiger partial charge in [-0.1, -0.05) is 23.4 Å². The van der Waals surface area contributed by atoms with Gasteiger partial charge < -0.3 is 19.6 Å². The summed E-state index contributed by atoms with van der Waals surface area (Å²) in [7, 11) is -9.82. The van der Waals surface area contributed by atoms with E-state index < -0.39 is 19.9 Å². The van der Waals surface area contributed by atoms with E-state index in [-0.39, 0.29) is 29.6 Å². The second kappa shape index (κ2) is 7.25. The molecule has 11 heteroatoms. The SMILES string of the molecule is O=P(O)(O)C(Sc1ccc(Cl)cc1)P(=O)(O)O.[Na]. The van der Waals surface area contributed by atoms with Crippen molar-refractivity contribution < 1.29 is 28.7 Å². The molecule has 0 atom stereocenters. The minimum absolute atomic E-state index is 0. The maximum absolute atomic E-state index is 11.0. The average molecular weight is 342 g/mol. The summed E-state index contributed by atoms with van der Waals surface area (Å²) < 4.78 is 19.9. The second-order valence-electron chi connectivity index (χ2n) is 3.08. The maximum Gasteiger partial charge on any atom is 0.351 e. The third-order valence-corrected chi connectivity index (χ3v) is 7.87. The predicted octanol–water partition coefficient (Wildman–Crippen LogP) is 1.69. The zero-order chi connectivity index (χ0) is 13.3. The monoisotopic (exact) mass is 341 g/mol. The van der Waals surface area contributed by atoms with Crippen LogP contribution in [0.1, 0.15) is 0 Å². The van der Waals surface area contributed by atoms with Gasteiger partial charge in [0.15, 0.2) is 0 Å². The minimum atomic E-state index is -4.91. The standard InChI is InChI=1S/C7H9ClO6P2S.Na/c8-5-1-3-6(4-2-5)17-7(15(9,10)11)16(12,13)14;/h1-4,7H,(H2,9,10,11)(H2,12,13,14);. The molecule has 97 valence electrons. The zero-order valence-electron chi connectivity index (χ0n) is 9.17. The van der Waals surface area contributed by atoms with E-state index in [9.17, 15) is 9.13 Å². The van der Waals surface area contributed by atoms with Crippen molar-refractivity contribution in [2.45, 2.75) is 9.63 Å². The van der Waals surface area contributed by atoms with Gasteiger partial charge >= 0.3 is 15.2 Å². The van der Waals surface area contributed by atoms with Crippen LogP contribution in [0.3, 0.4) is 0 Å². The fourth-order valence-corrected chi connectivity index (χ4v) is 5.03. The van der Waals surface area contributed by atoms with Gasteiger partial charge in [0.2, 0.25) is 4.73 Å². The first kappa shape index (κ1) is 19.2. The van der Waals surface area contributed by atoms with Crippen molar-refractivity contribution in [3.8, 4) is 0 Å². The summed E-state index contributed by atoms with van der Waals surface area (Å²) in [6.07, 6.45) is 0. The Bertz CT molecular complexity index is 463. The molecule has 1 radical (unpaired) electrons. The molecular weight excluding hydrogens is 333 g/mol. The van der Waals surface area contributed by atoms with Crippen molar-refractivity contribution in [2.75, 3.05) is 0 Å². The molecule has 4 N–H and O–H groups in total. The Morgan fingerprint density at radius 3 is 1.72 bits per heavy atom. The van der Waals surface area contributed by atoms with E-state index in [0.717, 1.165) is 0 Å². The molecule has 1 aromatic carbocycles. The normalized spacial score (nSPS) is 12.3. The van der Waals surface area contributed by atoms with E-state index in [2.05, 4.69) is 0 Å². The van der Waals surface area contributed by atoms with Crippen LogP contribution in [0, 0.1) is 0 Å². The van der Waals surface area contributed by atoms with Gasteiger partial charge in [-0.25, -0.2) is 0 Å². The molecule has 1 aromatic rings. The Balaban J connectivity index is 0.00000289. The first-order chi connectivity index (χ1) is 7.60. The van der Waals surface area contributed by atoms with E-state index in [0.29, 0.717) is 21.7 Å². The molecular formula is C7H9ClNaO6P2S. The van der Waals surface area contributed by atoms with Crippen LogP contribution in [0.4, 0.5) is 0 Å². The molecule has 0 spiro atoms. The molecule has 0 aliphatic heterocycles. The van der Waals surface area contributed by atoms with Crippen LogP contribution in [-0.4, -0.2) is 53.9 Å². The molecule has 0 aliphatic carbocycles. The number of halogens is 1. The predicted molar refractivity (Wildman–Crippen MR) is 70.9 cm³/mol. The molecule has 0 fully saturated rings. The number of hydrogen-bond donors (Lipinski definition) is 4. The van der Waals surface area contributed by atoms with Gasteiger partial charge in [0.05, 0.1) is 0 Å². The van der Waals surface area contributed by atoms with E-state index >= 15 is 0 Å². The summed E-state index contributed by atoms with van der Waals surface area (Å²) in [5.41, 5.74) is 0. The molecule has 6 nitrogen and oxygen atoms in total. The third kappa shape index (κ3) is 6.07. The Morgan fingerprint density at radius 1 is 1.00 bits per heavy atom. The summed E-state index contributed by atoms with van der Waals surface area (Å²) in [6, 6.07) is 5.76. The van der Waals surface area contributed by atoms with Crippen LogP contribution in [0.25, 0.3) is 0 Å². The molecule has 0 bridgehead atoms. The van der Waals surface area contributed by atoms with Crippen molar-refractivity contribution in [1.29, 1.82) is 0 Å². The molecule has 0 amide bonds. The third-order valence-electron chi connectivity index (χ3n) is 1.63. The fraction of sp³-hybridized carbons (Fsp3) is 0.143. The van der Waals surface area contributed by atoms with E-state index in [1.54, 1.807) is 0 Å². The Hall–Kier alpha value is 1.16. The van der Waals surface area contributed by atoms with Crippen molar-refractivity contribution in [1.82, 2.24) is 0 Å². The first-order valence-electron chi connectivity index (χ1n) is 4.13. The van der Waals surface area contributed by atoms with E-state index in [1.165, 1.54) is 24.3 Å². The van der Waals surface area contributed by atoms with Crippen LogP contribution in [-0.2, 0) is 9.13 Å². The number of rotatable bonds is 4. The maximum atomic E-state index is 11.0. The molecule has 0 unspecified atom stereocenters. The molecule has 0 heterocycles. The summed E-state index contributed by atoms with van der Waals surface area (Å²) >= 11 is 6.04. The number of thioether (sulfide) groups is 1. The summed E-state index contributed by atoms with van der Waals surface area (Å²) in [5, 5.41) is 0.415. The molecule has 1 rings (SSSR count). The minimum Gasteiger partial charge on any atom is -0.323 e.